The van der Waals surface area contributed by atoms with Gasteiger partial charge in [-0.05, 0) is 12.5 Å². The summed E-state index contributed by atoms with van der Waals surface area (Å²) in [6.07, 6.45) is 4.53. The predicted octanol–water partition coefficient (Wildman–Crippen LogP) is 0.553. The van der Waals surface area contributed by atoms with E-state index in [-0.39, 0.29) is 0 Å². The number of methoxy groups -OCH3 is 1. The molecule has 0 saturated heterocycles. The molecule has 7 nitrogen and oxygen atoms in total. The highest BCUT2D eigenvalue weighted by atomic mass is 16.5. The summed E-state index contributed by atoms with van der Waals surface area (Å²) in [5, 5.41) is 11.3. The highest BCUT2D eigenvalue weighted by Crippen LogP contribution is 1.98. The van der Waals surface area contributed by atoms with Gasteiger partial charge in [0.05, 0.1) is 25.9 Å². The minimum atomic E-state index is 0.570. The molecule has 2 rings (SSSR count). The van der Waals surface area contributed by atoms with E-state index < -0.39 is 0 Å². The summed E-state index contributed by atoms with van der Waals surface area (Å²) in [5.41, 5.74) is 1.17. The fraction of sp³-hybridized carbons (Fsp3) is 0.583. The van der Waals surface area contributed by atoms with E-state index >= 15 is 0 Å². The molecule has 1 N–H and O–H groups in total. The van der Waals surface area contributed by atoms with Crippen LogP contribution in [0.3, 0.4) is 0 Å². The zero-order valence-electron chi connectivity index (χ0n) is 11.3. The van der Waals surface area contributed by atoms with E-state index in [1.165, 1.54) is 5.56 Å². The van der Waals surface area contributed by atoms with Crippen LogP contribution in [0.5, 0.6) is 0 Å². The van der Waals surface area contributed by atoms with Crippen LogP contribution in [0, 0.1) is 6.92 Å². The molecule has 0 bridgehead atoms. The van der Waals surface area contributed by atoms with E-state index in [9.17, 15) is 0 Å². The smallest absolute Gasteiger partial charge is 0.240 e. The first kappa shape index (κ1) is 13.7. The summed E-state index contributed by atoms with van der Waals surface area (Å²) >= 11 is 0. The van der Waals surface area contributed by atoms with Crippen LogP contribution in [0.2, 0.25) is 0 Å². The third-order valence-electron chi connectivity index (χ3n) is 2.60. The van der Waals surface area contributed by atoms with Crippen LogP contribution in [0.4, 0.5) is 0 Å². The molecular weight excluding hydrogens is 246 g/mol. The van der Waals surface area contributed by atoms with Gasteiger partial charge in [0.1, 0.15) is 0 Å². The van der Waals surface area contributed by atoms with Gasteiger partial charge in [-0.3, -0.25) is 4.68 Å². The van der Waals surface area contributed by atoms with E-state index in [0.717, 1.165) is 13.1 Å². The summed E-state index contributed by atoms with van der Waals surface area (Å²) in [6.45, 7) is 4.82. The van der Waals surface area contributed by atoms with Crippen LogP contribution in [-0.2, 0) is 24.2 Å². The second-order valence-electron chi connectivity index (χ2n) is 4.30. The molecule has 0 saturated carbocycles. The van der Waals surface area contributed by atoms with Gasteiger partial charge in [-0.1, -0.05) is 5.16 Å². The Morgan fingerprint density at radius 3 is 3.11 bits per heavy atom. The van der Waals surface area contributed by atoms with Crippen LogP contribution in [0.1, 0.15) is 17.3 Å². The van der Waals surface area contributed by atoms with Crippen molar-refractivity contribution in [3.8, 4) is 0 Å². The van der Waals surface area contributed by atoms with E-state index in [4.69, 9.17) is 9.26 Å². The molecule has 0 amide bonds. The molecule has 7 heteroatoms. The van der Waals surface area contributed by atoms with Gasteiger partial charge in [-0.15, -0.1) is 0 Å². The first-order chi connectivity index (χ1) is 9.28. The van der Waals surface area contributed by atoms with Gasteiger partial charge in [0.2, 0.25) is 5.89 Å². The monoisotopic (exact) mass is 265 g/mol. The highest BCUT2D eigenvalue weighted by molar-refractivity contribution is 4.99. The zero-order valence-corrected chi connectivity index (χ0v) is 11.3. The lowest BCUT2D eigenvalue weighted by Crippen LogP contribution is -2.20. The summed E-state index contributed by atoms with van der Waals surface area (Å²) in [7, 11) is 1.65. The Labute approximate surface area is 111 Å². The average molecular weight is 265 g/mol. The molecule has 0 aliphatic heterocycles. The quantitative estimate of drug-likeness (QED) is 0.702. The Hall–Kier alpha value is -1.73. The van der Waals surface area contributed by atoms with E-state index in [2.05, 4.69) is 20.6 Å². The fourth-order valence-corrected chi connectivity index (χ4v) is 1.64. The van der Waals surface area contributed by atoms with Gasteiger partial charge in [0, 0.05) is 26.3 Å². The molecule has 0 atom stereocenters. The number of nitrogens with one attached hydrogen (secondary N) is 1. The van der Waals surface area contributed by atoms with Crippen molar-refractivity contribution in [2.45, 2.75) is 26.4 Å². The van der Waals surface area contributed by atoms with Crippen molar-refractivity contribution < 1.29 is 9.26 Å². The lowest BCUT2D eigenvalue weighted by molar-refractivity contribution is 0.199. The maximum atomic E-state index is 5.12. The van der Waals surface area contributed by atoms with Crippen molar-refractivity contribution in [3.63, 3.8) is 0 Å². The third-order valence-corrected chi connectivity index (χ3v) is 2.60. The number of nitrogens with zero attached hydrogens (tertiary/aromatic N) is 4. The highest BCUT2D eigenvalue weighted by Gasteiger charge is 2.05. The molecule has 0 spiro atoms. The second-order valence-corrected chi connectivity index (χ2v) is 4.30. The molecule has 19 heavy (non-hydrogen) atoms. The number of aryl methyl sites for hydroxylation is 1. The van der Waals surface area contributed by atoms with E-state index in [1.807, 2.05) is 24.0 Å². The fourth-order valence-electron chi connectivity index (χ4n) is 1.64. The second kappa shape index (κ2) is 7.01. The standard InChI is InChI=1S/C12H19N5O2/c1-10-7-14-17(9-10)5-4-13-8-12-15-11(16-19-12)3-6-18-2/h7,9,13H,3-6,8H2,1-2H3. The van der Waals surface area contributed by atoms with Crippen molar-refractivity contribution in [2.75, 3.05) is 20.3 Å². The molecule has 0 radical (unpaired) electrons. The molecule has 2 aromatic heterocycles. The Kier molecular flexibility index (Phi) is 5.05. The number of hydrogen-bond donors (Lipinski definition) is 1. The first-order valence-electron chi connectivity index (χ1n) is 6.28. The predicted molar refractivity (Wildman–Crippen MR) is 68.5 cm³/mol. The Balaban J connectivity index is 1.66. The lowest BCUT2D eigenvalue weighted by Gasteiger charge is -2.01. The van der Waals surface area contributed by atoms with Gasteiger partial charge in [0.25, 0.3) is 0 Å². The molecule has 0 aliphatic carbocycles. The van der Waals surface area contributed by atoms with Crippen LogP contribution < -0.4 is 5.32 Å². The number of rotatable bonds is 8. The summed E-state index contributed by atoms with van der Waals surface area (Å²) in [4.78, 5) is 4.25. The zero-order chi connectivity index (χ0) is 13.5. The van der Waals surface area contributed by atoms with Gasteiger partial charge < -0.3 is 14.6 Å². The number of ether oxygens (including phenoxy) is 1. The first-order valence-corrected chi connectivity index (χ1v) is 6.28. The molecule has 2 heterocycles. The molecular formula is C12H19N5O2. The summed E-state index contributed by atoms with van der Waals surface area (Å²) in [6, 6.07) is 0. The summed E-state index contributed by atoms with van der Waals surface area (Å²) < 4.78 is 12.0. The van der Waals surface area contributed by atoms with Crippen LogP contribution in [-0.4, -0.2) is 40.2 Å². The molecule has 104 valence electrons. The van der Waals surface area contributed by atoms with Gasteiger partial charge >= 0.3 is 0 Å². The van der Waals surface area contributed by atoms with Gasteiger partial charge in [0.15, 0.2) is 5.82 Å². The number of aromatic nitrogens is 4. The van der Waals surface area contributed by atoms with Crippen molar-refractivity contribution in [3.05, 3.63) is 29.7 Å². The minimum absolute atomic E-state index is 0.570. The van der Waals surface area contributed by atoms with Crippen LogP contribution in [0.15, 0.2) is 16.9 Å². The maximum absolute atomic E-state index is 5.12. The van der Waals surface area contributed by atoms with E-state index in [0.29, 0.717) is 31.3 Å². The summed E-state index contributed by atoms with van der Waals surface area (Å²) in [5.74, 6) is 1.28. The van der Waals surface area contributed by atoms with E-state index in [1.54, 1.807) is 7.11 Å². The normalized spacial score (nSPS) is 11.1. The Bertz CT molecular complexity index is 494. The van der Waals surface area contributed by atoms with Crippen molar-refractivity contribution in [1.29, 1.82) is 0 Å². The van der Waals surface area contributed by atoms with Gasteiger partial charge in [-0.2, -0.15) is 10.1 Å². The molecule has 2 aromatic rings. The maximum Gasteiger partial charge on any atom is 0.240 e. The average Bonchev–Trinajstić information content (AvgIpc) is 3.01. The number of hydrogen-bond acceptors (Lipinski definition) is 6. The van der Waals surface area contributed by atoms with Gasteiger partial charge in [-0.25, -0.2) is 0 Å². The Morgan fingerprint density at radius 2 is 2.37 bits per heavy atom. The van der Waals surface area contributed by atoms with Crippen LogP contribution in [0.25, 0.3) is 0 Å². The van der Waals surface area contributed by atoms with Crippen LogP contribution >= 0.6 is 0 Å². The SMILES string of the molecule is COCCc1noc(CNCCn2cc(C)cn2)n1. The molecule has 0 aromatic carbocycles. The molecule has 0 unspecified atom stereocenters. The lowest BCUT2D eigenvalue weighted by atomic mass is 10.4. The largest absolute Gasteiger partial charge is 0.384 e. The molecule has 0 aliphatic rings. The van der Waals surface area contributed by atoms with Crippen molar-refractivity contribution >= 4 is 0 Å². The topological polar surface area (TPSA) is 78.0 Å². The third kappa shape index (κ3) is 4.46. The van der Waals surface area contributed by atoms with Crippen molar-refractivity contribution in [1.82, 2.24) is 25.2 Å². The Morgan fingerprint density at radius 1 is 1.47 bits per heavy atom. The molecule has 0 fully saturated rings. The van der Waals surface area contributed by atoms with Crippen molar-refractivity contribution in [2.24, 2.45) is 0 Å². The minimum Gasteiger partial charge on any atom is -0.384 e.